The van der Waals surface area contributed by atoms with Gasteiger partial charge in [-0.05, 0) is 62.4 Å². The first-order valence-electron chi connectivity index (χ1n) is 12.1. The molecule has 3 rings (SSSR count). The van der Waals surface area contributed by atoms with Gasteiger partial charge in [0.05, 0.1) is 28.1 Å². The van der Waals surface area contributed by atoms with Gasteiger partial charge < -0.3 is 25.4 Å². The van der Waals surface area contributed by atoms with E-state index in [0.29, 0.717) is 48.9 Å². The van der Waals surface area contributed by atoms with Gasteiger partial charge in [0.25, 0.3) is 0 Å². The molecule has 2 aromatic rings. The van der Waals surface area contributed by atoms with Crippen molar-refractivity contribution >= 4 is 29.1 Å². The summed E-state index contributed by atoms with van der Waals surface area (Å²) in [7, 11) is 1.63. The minimum Gasteiger partial charge on any atom is -0.481 e. The number of ether oxygens (including phenoxy) is 1. The smallest absolute Gasteiger partial charge is 0.323 e. The molecule has 196 valence electrons. The number of carboxylic acid groups (broad SMARTS) is 1. The summed E-state index contributed by atoms with van der Waals surface area (Å²) in [6, 6.07) is 7.46. The second-order valence-corrected chi connectivity index (χ2v) is 10.4. The fraction of sp³-hybridized carbons (Fsp3) is 0.481. The van der Waals surface area contributed by atoms with Gasteiger partial charge in [-0.3, -0.25) is 4.79 Å². The van der Waals surface area contributed by atoms with Crippen LogP contribution in [0.2, 0.25) is 0 Å². The number of halogens is 2. The van der Waals surface area contributed by atoms with Crippen molar-refractivity contribution in [2.24, 2.45) is 5.92 Å². The van der Waals surface area contributed by atoms with E-state index in [-0.39, 0.29) is 11.6 Å². The Bertz CT molecular complexity index is 1120. The molecule has 0 aromatic heterocycles. The van der Waals surface area contributed by atoms with Crippen molar-refractivity contribution in [2.45, 2.75) is 58.0 Å². The summed E-state index contributed by atoms with van der Waals surface area (Å²) in [5, 5.41) is 15.1. The molecule has 36 heavy (non-hydrogen) atoms. The van der Waals surface area contributed by atoms with Gasteiger partial charge in [-0.15, -0.1) is 0 Å². The Labute approximate surface area is 210 Å². The maximum absolute atomic E-state index is 14.1. The molecule has 0 spiro atoms. The number of aliphatic carboxylic acids is 1. The van der Waals surface area contributed by atoms with Crippen LogP contribution in [0.3, 0.4) is 0 Å². The zero-order chi connectivity index (χ0) is 26.7. The van der Waals surface area contributed by atoms with E-state index in [2.05, 4.69) is 29.4 Å². The summed E-state index contributed by atoms with van der Waals surface area (Å²) < 4.78 is 33.0. The molecule has 0 aliphatic heterocycles. The molecule has 3 N–H and O–H groups in total. The van der Waals surface area contributed by atoms with Crippen LogP contribution in [-0.4, -0.2) is 42.9 Å². The summed E-state index contributed by atoms with van der Waals surface area (Å²) in [5.74, 6) is -2.27. The first-order chi connectivity index (χ1) is 16.9. The van der Waals surface area contributed by atoms with Crippen molar-refractivity contribution in [1.29, 1.82) is 0 Å². The van der Waals surface area contributed by atoms with Crippen molar-refractivity contribution in [1.82, 2.24) is 0 Å². The fourth-order valence-corrected chi connectivity index (χ4v) is 4.45. The highest BCUT2D eigenvalue weighted by molar-refractivity contribution is 6.02. The highest BCUT2D eigenvalue weighted by Gasteiger charge is 2.46. The molecule has 0 radical (unpaired) electrons. The summed E-state index contributed by atoms with van der Waals surface area (Å²) in [6.45, 7) is 9.23. The van der Waals surface area contributed by atoms with Crippen molar-refractivity contribution in [2.75, 3.05) is 35.7 Å². The highest BCUT2D eigenvalue weighted by atomic mass is 19.1. The van der Waals surface area contributed by atoms with Crippen LogP contribution in [0, 0.1) is 17.6 Å². The molecule has 1 aliphatic rings. The van der Waals surface area contributed by atoms with E-state index in [1.807, 2.05) is 19.9 Å². The molecule has 1 saturated carbocycles. The number of benzene rings is 2. The Hall–Kier alpha value is -3.20. The van der Waals surface area contributed by atoms with E-state index in [4.69, 9.17) is 4.74 Å². The summed E-state index contributed by atoms with van der Waals surface area (Å²) in [6.07, 6.45) is 1.84. The Morgan fingerprint density at radius 2 is 1.78 bits per heavy atom. The first-order valence-corrected chi connectivity index (χ1v) is 12.1. The number of carboxylic acids is 1. The normalized spacial score (nSPS) is 14.8. The summed E-state index contributed by atoms with van der Waals surface area (Å²) >= 11 is 0. The Kier molecular flexibility index (Phi) is 8.23. The maximum Gasteiger partial charge on any atom is 0.323 e. The summed E-state index contributed by atoms with van der Waals surface area (Å²) in [4.78, 5) is 27.1. The largest absolute Gasteiger partial charge is 0.481 e. The third-order valence-corrected chi connectivity index (χ3v) is 6.64. The van der Waals surface area contributed by atoms with E-state index >= 15 is 0 Å². The third kappa shape index (κ3) is 6.13. The van der Waals surface area contributed by atoms with Crippen molar-refractivity contribution in [3.63, 3.8) is 0 Å². The Morgan fingerprint density at radius 3 is 2.31 bits per heavy atom. The number of hydrogen-bond acceptors (Lipinski definition) is 4. The number of nitrogens with zero attached hydrogens (tertiary/aromatic N) is 1. The third-order valence-electron chi connectivity index (χ3n) is 6.64. The monoisotopic (exact) mass is 503 g/mol. The van der Waals surface area contributed by atoms with E-state index in [1.54, 1.807) is 19.2 Å². The van der Waals surface area contributed by atoms with Crippen LogP contribution in [0.5, 0.6) is 0 Å². The minimum absolute atomic E-state index is 0.174. The molecule has 1 aliphatic carbocycles. The number of carbonyl (C=O) groups excluding carboxylic acids is 1. The molecule has 0 unspecified atom stereocenters. The van der Waals surface area contributed by atoms with Crippen molar-refractivity contribution in [3.8, 4) is 0 Å². The van der Waals surface area contributed by atoms with Crippen molar-refractivity contribution < 1.29 is 28.2 Å². The minimum atomic E-state index is -0.997. The van der Waals surface area contributed by atoms with Crippen LogP contribution < -0.4 is 15.5 Å². The summed E-state index contributed by atoms with van der Waals surface area (Å²) in [5.41, 5.74) is 0.0136. The van der Waals surface area contributed by atoms with Gasteiger partial charge in [-0.1, -0.05) is 26.3 Å². The van der Waals surface area contributed by atoms with Gasteiger partial charge in [-0.25, -0.2) is 13.6 Å². The average molecular weight is 504 g/mol. The van der Waals surface area contributed by atoms with Gasteiger partial charge in [0.15, 0.2) is 0 Å². The zero-order valence-corrected chi connectivity index (χ0v) is 21.5. The lowest BCUT2D eigenvalue weighted by molar-refractivity contribution is -0.147. The molecule has 0 bridgehead atoms. The predicted octanol–water partition coefficient (Wildman–Crippen LogP) is 6.00. The molecular formula is C27H35F2N3O4. The van der Waals surface area contributed by atoms with E-state index < -0.39 is 34.7 Å². The maximum atomic E-state index is 14.1. The van der Waals surface area contributed by atoms with Crippen LogP contribution >= 0.6 is 0 Å². The van der Waals surface area contributed by atoms with Crippen LogP contribution in [0.25, 0.3) is 0 Å². The SMILES string of the molecule is COC(C)(C)CN(CC(C)C)c1ccc(C2(C(=O)O)CCC2)cc1NC(=O)Nc1ccc(F)cc1F. The molecule has 9 heteroatoms. The van der Waals surface area contributed by atoms with E-state index in [1.165, 1.54) is 0 Å². The number of amides is 2. The lowest BCUT2D eigenvalue weighted by atomic mass is 9.64. The van der Waals surface area contributed by atoms with Gasteiger partial charge in [0.1, 0.15) is 11.6 Å². The molecular weight excluding hydrogens is 468 g/mol. The van der Waals surface area contributed by atoms with Crippen LogP contribution in [-0.2, 0) is 14.9 Å². The molecule has 0 heterocycles. The van der Waals surface area contributed by atoms with E-state index in [0.717, 1.165) is 18.6 Å². The predicted molar refractivity (Wildman–Crippen MR) is 137 cm³/mol. The first kappa shape index (κ1) is 27.4. The van der Waals surface area contributed by atoms with Crippen LogP contribution in [0.1, 0.15) is 52.5 Å². The quantitative estimate of drug-likeness (QED) is 0.370. The van der Waals surface area contributed by atoms with Crippen LogP contribution in [0.4, 0.5) is 30.6 Å². The molecule has 0 atom stereocenters. The standard InChI is InChI=1S/C27H35F2N3O4/c1-17(2)15-32(16-26(3,4)36-5)23-10-7-18(27(24(33)34)11-6-12-27)13-22(23)31-25(35)30-21-9-8-19(28)14-20(21)29/h7-10,13-14,17H,6,11-12,15-16H2,1-5H3,(H,33,34)(H2,30,31,35). The molecule has 2 amide bonds. The highest BCUT2D eigenvalue weighted by Crippen LogP contribution is 2.46. The van der Waals surface area contributed by atoms with Gasteiger partial charge in [-0.2, -0.15) is 0 Å². The topological polar surface area (TPSA) is 90.9 Å². The van der Waals surface area contributed by atoms with Crippen LogP contribution in [0.15, 0.2) is 36.4 Å². The molecule has 1 fully saturated rings. The fourth-order valence-electron chi connectivity index (χ4n) is 4.45. The number of anilines is 3. The number of nitrogens with one attached hydrogen (secondary N) is 2. The number of methoxy groups -OCH3 is 1. The average Bonchev–Trinajstić information content (AvgIpc) is 2.74. The zero-order valence-electron chi connectivity index (χ0n) is 21.5. The van der Waals surface area contributed by atoms with Gasteiger partial charge in [0, 0.05) is 26.3 Å². The Morgan fingerprint density at radius 1 is 1.11 bits per heavy atom. The molecule has 2 aromatic carbocycles. The molecule has 0 saturated heterocycles. The second kappa shape index (κ2) is 10.8. The lowest BCUT2D eigenvalue weighted by Crippen LogP contribution is -2.43. The van der Waals surface area contributed by atoms with E-state index in [9.17, 15) is 23.5 Å². The second-order valence-electron chi connectivity index (χ2n) is 10.4. The Balaban J connectivity index is 2.01. The number of urea groups is 1. The molecule has 7 nitrogen and oxygen atoms in total. The van der Waals surface area contributed by atoms with Crippen molar-refractivity contribution in [3.05, 3.63) is 53.6 Å². The van der Waals surface area contributed by atoms with Gasteiger partial charge >= 0.3 is 12.0 Å². The number of hydrogen-bond donors (Lipinski definition) is 3. The number of carbonyl (C=O) groups is 2. The lowest BCUT2D eigenvalue weighted by Gasteiger charge is -2.39. The van der Waals surface area contributed by atoms with Gasteiger partial charge in [0.2, 0.25) is 0 Å². The number of rotatable bonds is 10.